The number of aromatic nitrogens is 3. The third-order valence-electron chi connectivity index (χ3n) is 9.51. The molecule has 0 aliphatic carbocycles. The summed E-state index contributed by atoms with van der Waals surface area (Å²) in [6, 6.07) is 56.8. The number of furan rings is 1. The molecule has 2 aromatic heterocycles. The summed E-state index contributed by atoms with van der Waals surface area (Å²) < 4.78 is 6.81. The summed E-state index contributed by atoms with van der Waals surface area (Å²) in [6.07, 6.45) is 0. The minimum atomic E-state index is 0.602. The molecule has 0 N–H and O–H groups in total. The first-order valence-corrected chi connectivity index (χ1v) is 16.5. The zero-order chi connectivity index (χ0) is 32.3. The van der Waals surface area contributed by atoms with Gasteiger partial charge in [0.15, 0.2) is 17.5 Å². The van der Waals surface area contributed by atoms with Crippen LogP contribution in [0.2, 0.25) is 0 Å². The van der Waals surface area contributed by atoms with E-state index in [1.165, 1.54) is 32.3 Å². The van der Waals surface area contributed by atoms with E-state index in [0.717, 1.165) is 49.8 Å². The molecular weight excluding hydrogens is 599 g/mol. The van der Waals surface area contributed by atoms with Gasteiger partial charge in [0.25, 0.3) is 0 Å². The van der Waals surface area contributed by atoms with E-state index in [-0.39, 0.29) is 0 Å². The Hall–Kier alpha value is -6.65. The molecule has 2 heterocycles. The molecule has 0 aliphatic heterocycles. The molecule has 0 radical (unpaired) electrons. The number of hydrogen-bond donors (Lipinski definition) is 0. The summed E-state index contributed by atoms with van der Waals surface area (Å²) in [5.74, 6) is 1.86. The summed E-state index contributed by atoms with van der Waals surface area (Å²) in [5.41, 5.74) is 6.55. The van der Waals surface area contributed by atoms with Crippen molar-refractivity contribution in [3.8, 4) is 45.3 Å². The molecule has 10 aromatic rings. The first-order chi connectivity index (χ1) is 24.3. The molecule has 0 atom stereocenters. The molecule has 0 amide bonds. The van der Waals surface area contributed by atoms with Crippen LogP contribution in [0.3, 0.4) is 0 Å². The first-order valence-electron chi connectivity index (χ1n) is 16.5. The van der Waals surface area contributed by atoms with Gasteiger partial charge in [-0.25, -0.2) is 15.0 Å². The quantitative estimate of drug-likeness (QED) is 0.183. The highest BCUT2D eigenvalue weighted by molar-refractivity contribution is 6.26. The predicted molar refractivity (Wildman–Crippen MR) is 201 cm³/mol. The lowest BCUT2D eigenvalue weighted by molar-refractivity contribution is 0.670. The summed E-state index contributed by atoms with van der Waals surface area (Å²) in [4.78, 5) is 15.1. The Morgan fingerprint density at radius 2 is 0.898 bits per heavy atom. The van der Waals surface area contributed by atoms with Gasteiger partial charge >= 0.3 is 0 Å². The van der Waals surface area contributed by atoms with Crippen molar-refractivity contribution in [1.29, 1.82) is 0 Å². The number of rotatable bonds is 4. The van der Waals surface area contributed by atoms with E-state index >= 15 is 0 Å². The van der Waals surface area contributed by atoms with Crippen LogP contribution in [0.25, 0.3) is 99.5 Å². The average Bonchev–Trinajstić information content (AvgIpc) is 3.57. The maximum absolute atomic E-state index is 6.81. The van der Waals surface area contributed by atoms with Gasteiger partial charge in [0.2, 0.25) is 0 Å². The van der Waals surface area contributed by atoms with Crippen LogP contribution in [-0.4, -0.2) is 15.0 Å². The van der Waals surface area contributed by atoms with E-state index in [0.29, 0.717) is 17.5 Å². The third-order valence-corrected chi connectivity index (χ3v) is 9.51. The standard InChI is InChI=1S/C45H27N3O/c1-3-14-29(15-4-1)43-46-44(30-16-5-2-6-17-30)48-45(47-43)37-26-25-35(42-41(37)36-21-11-12-22-39(36)49-42)38-27-31-18-8-10-20-33(31)40-32-19-9-7-13-28(32)23-24-34(38)40/h1-27H. The molecule has 0 saturated heterocycles. The average molecular weight is 626 g/mol. The molecule has 0 saturated carbocycles. The normalized spacial score (nSPS) is 11.7. The molecule has 10 rings (SSSR count). The monoisotopic (exact) mass is 625 g/mol. The Balaban J connectivity index is 1.29. The van der Waals surface area contributed by atoms with Gasteiger partial charge < -0.3 is 4.42 Å². The highest BCUT2D eigenvalue weighted by atomic mass is 16.3. The number of nitrogens with zero attached hydrogens (tertiary/aromatic N) is 3. The number of para-hydroxylation sites is 1. The highest BCUT2D eigenvalue weighted by Gasteiger charge is 2.22. The lowest BCUT2D eigenvalue weighted by Gasteiger charge is -2.15. The molecule has 4 heteroatoms. The van der Waals surface area contributed by atoms with Crippen molar-refractivity contribution in [1.82, 2.24) is 15.0 Å². The fourth-order valence-electron chi connectivity index (χ4n) is 7.25. The van der Waals surface area contributed by atoms with Crippen LogP contribution >= 0.6 is 0 Å². The Morgan fingerprint density at radius 3 is 1.61 bits per heavy atom. The smallest absolute Gasteiger partial charge is 0.164 e. The van der Waals surface area contributed by atoms with Crippen molar-refractivity contribution in [3.63, 3.8) is 0 Å². The molecule has 49 heavy (non-hydrogen) atoms. The summed E-state index contributed by atoms with van der Waals surface area (Å²) in [7, 11) is 0. The van der Waals surface area contributed by atoms with Gasteiger partial charge in [-0.1, -0.05) is 140 Å². The summed E-state index contributed by atoms with van der Waals surface area (Å²) >= 11 is 0. The summed E-state index contributed by atoms with van der Waals surface area (Å²) in [5, 5.41) is 9.33. The van der Waals surface area contributed by atoms with Gasteiger partial charge in [-0.3, -0.25) is 0 Å². The molecule has 8 aromatic carbocycles. The van der Waals surface area contributed by atoms with Crippen molar-refractivity contribution in [2.24, 2.45) is 0 Å². The predicted octanol–water partition coefficient (Wildman–Crippen LogP) is 11.9. The maximum Gasteiger partial charge on any atom is 0.164 e. The molecular formula is C45H27N3O. The van der Waals surface area contributed by atoms with Gasteiger partial charge in [-0.2, -0.15) is 0 Å². The topological polar surface area (TPSA) is 51.8 Å². The van der Waals surface area contributed by atoms with Crippen LogP contribution in [-0.2, 0) is 0 Å². The van der Waals surface area contributed by atoms with Crippen molar-refractivity contribution in [2.45, 2.75) is 0 Å². The largest absolute Gasteiger partial charge is 0.455 e. The van der Waals surface area contributed by atoms with E-state index in [1.54, 1.807) is 0 Å². The van der Waals surface area contributed by atoms with Gasteiger partial charge in [-0.15, -0.1) is 0 Å². The lowest BCUT2D eigenvalue weighted by atomic mass is 9.89. The SMILES string of the molecule is c1ccc(-c2nc(-c3ccccc3)nc(-c3ccc(-c4cc5ccccc5c5c4ccc4ccccc45)c4oc5ccccc5c34)n2)cc1. The fourth-order valence-corrected chi connectivity index (χ4v) is 7.25. The second kappa shape index (κ2) is 11.0. The van der Waals surface area contributed by atoms with E-state index in [1.807, 2.05) is 72.8 Å². The van der Waals surface area contributed by atoms with Crippen LogP contribution in [0.15, 0.2) is 168 Å². The van der Waals surface area contributed by atoms with Gasteiger partial charge in [0, 0.05) is 33.0 Å². The Bertz CT molecular complexity index is 2800. The molecule has 4 nitrogen and oxygen atoms in total. The molecule has 0 spiro atoms. The van der Waals surface area contributed by atoms with Crippen LogP contribution in [0.5, 0.6) is 0 Å². The maximum atomic E-state index is 6.81. The minimum absolute atomic E-state index is 0.602. The minimum Gasteiger partial charge on any atom is -0.455 e. The van der Waals surface area contributed by atoms with Crippen molar-refractivity contribution in [2.75, 3.05) is 0 Å². The molecule has 0 unspecified atom stereocenters. The van der Waals surface area contributed by atoms with Crippen LogP contribution in [0.1, 0.15) is 0 Å². The van der Waals surface area contributed by atoms with Crippen LogP contribution < -0.4 is 0 Å². The molecule has 0 aliphatic rings. The number of hydrogen-bond acceptors (Lipinski definition) is 4. The molecule has 0 bridgehead atoms. The Kier molecular flexibility index (Phi) is 6.15. The third kappa shape index (κ3) is 4.42. The second-order valence-corrected chi connectivity index (χ2v) is 12.4. The van der Waals surface area contributed by atoms with E-state index in [9.17, 15) is 0 Å². The van der Waals surface area contributed by atoms with Crippen molar-refractivity contribution >= 4 is 54.3 Å². The van der Waals surface area contributed by atoms with Crippen LogP contribution in [0, 0.1) is 0 Å². The van der Waals surface area contributed by atoms with Gasteiger partial charge in [0.05, 0.1) is 0 Å². The van der Waals surface area contributed by atoms with Gasteiger partial charge in [0.1, 0.15) is 11.2 Å². The zero-order valence-electron chi connectivity index (χ0n) is 26.3. The van der Waals surface area contributed by atoms with Gasteiger partial charge in [-0.05, 0) is 62.1 Å². The lowest BCUT2D eigenvalue weighted by Crippen LogP contribution is -2.00. The first kappa shape index (κ1) is 27.5. The van der Waals surface area contributed by atoms with E-state index in [4.69, 9.17) is 19.4 Å². The highest BCUT2D eigenvalue weighted by Crippen LogP contribution is 2.45. The molecule has 228 valence electrons. The Morgan fingerprint density at radius 1 is 0.347 bits per heavy atom. The number of benzene rings is 8. The molecule has 0 fully saturated rings. The Labute approximate surface area is 282 Å². The number of fused-ring (bicyclic) bond motifs is 8. The zero-order valence-corrected chi connectivity index (χ0v) is 26.3. The second-order valence-electron chi connectivity index (χ2n) is 12.4. The van der Waals surface area contributed by atoms with E-state index < -0.39 is 0 Å². The fraction of sp³-hybridized carbons (Fsp3) is 0. The van der Waals surface area contributed by atoms with Crippen molar-refractivity contribution in [3.05, 3.63) is 164 Å². The van der Waals surface area contributed by atoms with Crippen molar-refractivity contribution < 1.29 is 4.42 Å². The summed E-state index contributed by atoms with van der Waals surface area (Å²) in [6.45, 7) is 0. The van der Waals surface area contributed by atoms with E-state index in [2.05, 4.69) is 91.0 Å². The van der Waals surface area contributed by atoms with Crippen LogP contribution in [0.4, 0.5) is 0 Å².